The normalized spacial score (nSPS) is 25.2. The fourth-order valence-electron chi connectivity index (χ4n) is 5.50. The van der Waals surface area contributed by atoms with Crippen LogP contribution in [0.2, 0.25) is 0 Å². The largest absolute Gasteiger partial charge is 0.492 e. The van der Waals surface area contributed by atoms with Crippen molar-refractivity contribution in [1.29, 1.82) is 0 Å². The summed E-state index contributed by atoms with van der Waals surface area (Å²) in [7, 11) is 0. The Morgan fingerprint density at radius 2 is 1.69 bits per heavy atom. The van der Waals surface area contributed by atoms with Gasteiger partial charge in [0.2, 0.25) is 0 Å². The second-order valence-electron chi connectivity index (χ2n) is 10.8. The molecule has 2 aliphatic rings. The molecule has 1 N–H and O–H groups in total. The van der Waals surface area contributed by atoms with E-state index < -0.39 is 5.60 Å². The van der Waals surface area contributed by atoms with E-state index in [4.69, 9.17) is 4.74 Å². The number of allylic oxidation sites excluding steroid dienone is 8. The minimum Gasteiger partial charge on any atom is -0.492 e. The highest BCUT2D eigenvalue weighted by Gasteiger charge is 2.47. The fraction of sp³-hybridized carbons (Fsp3) is 0.485. The van der Waals surface area contributed by atoms with Gasteiger partial charge in [-0.25, -0.2) is 0 Å². The lowest BCUT2D eigenvalue weighted by Crippen LogP contribution is -2.44. The van der Waals surface area contributed by atoms with E-state index in [2.05, 4.69) is 39.0 Å². The van der Waals surface area contributed by atoms with Crippen LogP contribution >= 0.6 is 0 Å². The average Bonchev–Trinajstić information content (AvgIpc) is 2.86. The second-order valence-corrected chi connectivity index (χ2v) is 10.8. The van der Waals surface area contributed by atoms with Crippen LogP contribution in [0.5, 0.6) is 0 Å². The summed E-state index contributed by atoms with van der Waals surface area (Å²) >= 11 is 0. The van der Waals surface area contributed by atoms with Crippen molar-refractivity contribution >= 4 is 5.78 Å². The fourth-order valence-corrected chi connectivity index (χ4v) is 5.50. The minimum absolute atomic E-state index is 0.251. The molecule has 2 aliphatic carbocycles. The maximum atomic E-state index is 13.6. The molecule has 3 nitrogen and oxygen atoms in total. The first-order chi connectivity index (χ1) is 17.0. The predicted molar refractivity (Wildman–Crippen MR) is 152 cm³/mol. The molecule has 1 saturated carbocycles. The molecule has 196 valence electrons. The van der Waals surface area contributed by atoms with E-state index in [9.17, 15) is 9.90 Å². The van der Waals surface area contributed by atoms with Gasteiger partial charge in [-0.15, -0.1) is 6.58 Å². The maximum absolute atomic E-state index is 13.6. The summed E-state index contributed by atoms with van der Waals surface area (Å²) in [5.41, 5.74) is 2.47. The standard InChI is InChI=1S/C33H46O3/c1-9-17-33(25(5)6,26(7)8)24-36-29(11-3)16-15-27(10-2)23-28-14-13-18-31(30(28)34)19-21-32(35,12-4)22-20-31/h9-11,14-16,35H,1-3,5,7,12-13,17-24H2,4,6,8H3. The molecule has 0 atom stereocenters. The number of rotatable bonds is 13. The smallest absolute Gasteiger partial charge is 0.165 e. The molecule has 0 saturated heterocycles. The zero-order valence-corrected chi connectivity index (χ0v) is 22.8. The highest BCUT2D eigenvalue weighted by atomic mass is 16.5. The number of ketones is 1. The first kappa shape index (κ1) is 29.6. The van der Waals surface area contributed by atoms with Gasteiger partial charge in [0.05, 0.1) is 5.60 Å². The van der Waals surface area contributed by atoms with Crippen LogP contribution in [0, 0.1) is 10.8 Å². The number of hydrogen-bond donors (Lipinski definition) is 1. The van der Waals surface area contributed by atoms with E-state index in [0.29, 0.717) is 38.0 Å². The Hall–Kier alpha value is -2.65. The van der Waals surface area contributed by atoms with Crippen molar-refractivity contribution < 1.29 is 14.6 Å². The molecule has 1 fully saturated rings. The SMILES string of the molecule is C=CCC(COC(C=C)=CC=C(C=C)CC1=CCCC2(CCC(O)(CC)CC2)C1=O)(C(=C)C)C(=C)C. The summed E-state index contributed by atoms with van der Waals surface area (Å²) in [4.78, 5) is 13.6. The van der Waals surface area contributed by atoms with Crippen LogP contribution in [0.25, 0.3) is 0 Å². The minimum atomic E-state index is -0.609. The number of carbonyl (C=O) groups excluding carboxylic acids is 1. The highest BCUT2D eigenvalue weighted by Crippen LogP contribution is 2.49. The number of hydrogen-bond acceptors (Lipinski definition) is 3. The Labute approximate surface area is 219 Å². The van der Waals surface area contributed by atoms with Crippen molar-refractivity contribution in [2.45, 2.75) is 84.2 Å². The Balaban J connectivity index is 2.16. The van der Waals surface area contributed by atoms with Gasteiger partial charge < -0.3 is 9.84 Å². The van der Waals surface area contributed by atoms with Crippen LogP contribution in [0.3, 0.4) is 0 Å². The van der Waals surface area contributed by atoms with E-state index in [1.807, 2.05) is 39.0 Å². The molecule has 3 heteroatoms. The number of carbonyl (C=O) groups is 1. The lowest BCUT2D eigenvalue weighted by molar-refractivity contribution is -0.132. The number of ether oxygens (including phenoxy) is 1. The highest BCUT2D eigenvalue weighted by molar-refractivity contribution is 6.01. The van der Waals surface area contributed by atoms with Gasteiger partial charge in [-0.1, -0.05) is 68.7 Å². The van der Waals surface area contributed by atoms with Crippen molar-refractivity contribution in [2.24, 2.45) is 10.8 Å². The summed E-state index contributed by atoms with van der Waals surface area (Å²) in [5.74, 6) is 0.887. The van der Waals surface area contributed by atoms with E-state index in [-0.39, 0.29) is 16.6 Å². The van der Waals surface area contributed by atoms with E-state index in [0.717, 1.165) is 54.4 Å². The van der Waals surface area contributed by atoms with Gasteiger partial charge in [0.1, 0.15) is 12.4 Å². The lowest BCUT2D eigenvalue weighted by atomic mass is 9.60. The second kappa shape index (κ2) is 12.5. The zero-order valence-electron chi connectivity index (χ0n) is 22.8. The van der Waals surface area contributed by atoms with Crippen molar-refractivity contribution in [3.8, 4) is 0 Å². The van der Waals surface area contributed by atoms with Gasteiger partial charge in [0, 0.05) is 17.3 Å². The lowest BCUT2D eigenvalue weighted by Gasteiger charge is -2.44. The molecular formula is C33H46O3. The molecular weight excluding hydrogens is 444 g/mol. The third kappa shape index (κ3) is 6.56. The van der Waals surface area contributed by atoms with Crippen molar-refractivity contribution in [3.63, 3.8) is 0 Å². The summed E-state index contributed by atoms with van der Waals surface area (Å²) in [6.45, 7) is 26.5. The molecule has 0 unspecified atom stereocenters. The summed E-state index contributed by atoms with van der Waals surface area (Å²) in [6, 6.07) is 0. The van der Waals surface area contributed by atoms with Gasteiger partial charge in [0.15, 0.2) is 5.78 Å². The number of aliphatic hydroxyl groups is 1. The van der Waals surface area contributed by atoms with Crippen LogP contribution in [0.4, 0.5) is 0 Å². The van der Waals surface area contributed by atoms with Crippen LogP contribution < -0.4 is 0 Å². The Kier molecular flexibility index (Phi) is 10.3. The summed E-state index contributed by atoms with van der Waals surface area (Å²) in [6.07, 6.45) is 18.0. The molecule has 0 radical (unpaired) electrons. The maximum Gasteiger partial charge on any atom is 0.165 e. The van der Waals surface area contributed by atoms with Crippen molar-refractivity contribution in [3.05, 3.63) is 97.4 Å². The molecule has 0 aliphatic heterocycles. The van der Waals surface area contributed by atoms with Gasteiger partial charge in [-0.3, -0.25) is 4.79 Å². The molecule has 1 spiro atoms. The van der Waals surface area contributed by atoms with Gasteiger partial charge in [-0.05, 0) is 88.5 Å². The van der Waals surface area contributed by atoms with Crippen molar-refractivity contribution in [2.75, 3.05) is 6.61 Å². The quantitative estimate of drug-likeness (QED) is 0.160. The average molecular weight is 491 g/mol. The first-order valence-electron chi connectivity index (χ1n) is 13.2. The molecule has 0 aromatic rings. The molecule has 0 aromatic heterocycles. The number of Topliss-reactive ketones (excluding diaryl/α,β-unsaturated/α-hetero) is 1. The third-order valence-corrected chi connectivity index (χ3v) is 8.51. The summed E-state index contributed by atoms with van der Waals surface area (Å²) < 4.78 is 6.15. The topological polar surface area (TPSA) is 46.5 Å². The molecule has 36 heavy (non-hydrogen) atoms. The Morgan fingerprint density at radius 1 is 1.06 bits per heavy atom. The van der Waals surface area contributed by atoms with E-state index in [1.54, 1.807) is 12.2 Å². The van der Waals surface area contributed by atoms with Crippen molar-refractivity contribution in [1.82, 2.24) is 0 Å². The van der Waals surface area contributed by atoms with Crippen LogP contribution in [-0.2, 0) is 9.53 Å². The van der Waals surface area contributed by atoms with Crippen LogP contribution in [0.15, 0.2) is 97.4 Å². The molecule has 0 aromatic carbocycles. The third-order valence-electron chi connectivity index (χ3n) is 8.51. The monoisotopic (exact) mass is 490 g/mol. The van der Waals surface area contributed by atoms with Gasteiger partial charge >= 0.3 is 0 Å². The van der Waals surface area contributed by atoms with E-state index >= 15 is 0 Å². The molecule has 0 bridgehead atoms. The first-order valence-corrected chi connectivity index (χ1v) is 13.2. The predicted octanol–water partition coefficient (Wildman–Crippen LogP) is 8.28. The Morgan fingerprint density at radius 3 is 2.19 bits per heavy atom. The zero-order chi connectivity index (χ0) is 27.0. The molecule has 2 rings (SSSR count). The summed E-state index contributed by atoms with van der Waals surface area (Å²) in [5, 5.41) is 10.7. The van der Waals surface area contributed by atoms with Crippen LogP contribution in [-0.4, -0.2) is 23.1 Å². The van der Waals surface area contributed by atoms with Gasteiger partial charge in [-0.2, -0.15) is 0 Å². The Bertz CT molecular complexity index is 962. The molecule has 0 heterocycles. The van der Waals surface area contributed by atoms with Crippen LogP contribution in [0.1, 0.15) is 78.6 Å². The molecule has 0 amide bonds. The van der Waals surface area contributed by atoms with E-state index in [1.165, 1.54) is 0 Å². The van der Waals surface area contributed by atoms with Gasteiger partial charge in [0.25, 0.3) is 0 Å².